The smallest absolute Gasteiger partial charge is 0.178 e. The van der Waals surface area contributed by atoms with E-state index in [4.69, 9.17) is 23.8 Å². The van der Waals surface area contributed by atoms with Crippen molar-refractivity contribution in [2.24, 2.45) is 11.8 Å². The molecule has 2 aromatic rings. The number of hydrogen-bond donors (Lipinski definition) is 1. The molecule has 0 unspecified atom stereocenters. The van der Waals surface area contributed by atoms with Crippen LogP contribution in [0.5, 0.6) is 0 Å². The summed E-state index contributed by atoms with van der Waals surface area (Å²) in [6, 6.07) is 3.09. The van der Waals surface area contributed by atoms with E-state index in [0.717, 1.165) is 23.5 Å². The number of halogens is 2. The number of H-pyrrole nitrogens is 1. The summed E-state index contributed by atoms with van der Waals surface area (Å²) in [6.45, 7) is 3.18. The van der Waals surface area contributed by atoms with Crippen LogP contribution in [-0.2, 0) is 6.54 Å². The van der Waals surface area contributed by atoms with Crippen LogP contribution in [0.3, 0.4) is 0 Å². The number of hydrogen-bond acceptors (Lipinski definition) is 1. The van der Waals surface area contributed by atoms with E-state index in [2.05, 4.69) is 11.9 Å². The summed E-state index contributed by atoms with van der Waals surface area (Å²) in [6.07, 6.45) is 5.01. The van der Waals surface area contributed by atoms with Crippen LogP contribution in [0.25, 0.3) is 11.0 Å². The van der Waals surface area contributed by atoms with Gasteiger partial charge in [0.15, 0.2) is 4.77 Å². The third-order valence-electron chi connectivity index (χ3n) is 4.39. The van der Waals surface area contributed by atoms with Gasteiger partial charge in [-0.3, -0.25) is 0 Å². The highest BCUT2D eigenvalue weighted by molar-refractivity contribution is 7.71. The second-order valence-electron chi connectivity index (χ2n) is 5.95. The zero-order valence-electron chi connectivity index (χ0n) is 11.5. The molecule has 1 aromatic heterocycles. The number of rotatable bonds is 2. The molecule has 1 saturated carbocycles. The molecule has 3 rings (SSSR count). The van der Waals surface area contributed by atoms with Crippen molar-refractivity contribution in [3.8, 4) is 0 Å². The second-order valence-corrected chi connectivity index (χ2v) is 6.74. The van der Waals surface area contributed by atoms with E-state index in [-0.39, 0.29) is 10.8 Å². The van der Waals surface area contributed by atoms with Gasteiger partial charge >= 0.3 is 0 Å². The number of imidazole rings is 1. The lowest BCUT2D eigenvalue weighted by atomic mass is 9.83. The quantitative estimate of drug-likeness (QED) is 0.744. The van der Waals surface area contributed by atoms with E-state index in [0.29, 0.717) is 10.7 Å². The van der Waals surface area contributed by atoms with E-state index < -0.39 is 0 Å². The topological polar surface area (TPSA) is 20.7 Å². The minimum atomic E-state index is -0.390. The lowest BCUT2D eigenvalue weighted by Gasteiger charge is -2.26. The average Bonchev–Trinajstić information content (AvgIpc) is 2.69. The molecule has 0 aliphatic heterocycles. The first-order valence-corrected chi connectivity index (χ1v) is 7.91. The van der Waals surface area contributed by atoms with Crippen molar-refractivity contribution in [2.45, 2.75) is 39.2 Å². The van der Waals surface area contributed by atoms with Crippen molar-refractivity contribution in [2.75, 3.05) is 0 Å². The summed E-state index contributed by atoms with van der Waals surface area (Å²) in [4.78, 5) is 3.12. The fraction of sp³-hybridized carbons (Fsp3) is 0.533. The van der Waals surface area contributed by atoms with Gasteiger partial charge in [0.1, 0.15) is 5.82 Å². The Morgan fingerprint density at radius 3 is 2.75 bits per heavy atom. The fourth-order valence-electron chi connectivity index (χ4n) is 3.10. The highest BCUT2D eigenvalue weighted by Gasteiger charge is 2.20. The monoisotopic (exact) mass is 312 g/mol. The summed E-state index contributed by atoms with van der Waals surface area (Å²) in [7, 11) is 0. The summed E-state index contributed by atoms with van der Waals surface area (Å²) in [5, 5.41) is 0.132. The molecule has 1 aliphatic rings. The first-order valence-electron chi connectivity index (χ1n) is 7.12. The van der Waals surface area contributed by atoms with Crippen LogP contribution in [0, 0.1) is 22.4 Å². The maximum Gasteiger partial charge on any atom is 0.178 e. The molecule has 1 heterocycles. The highest BCUT2D eigenvalue weighted by atomic mass is 35.5. The molecule has 2 nitrogen and oxygen atoms in total. The number of aromatic nitrogens is 2. The largest absolute Gasteiger partial charge is 0.331 e. The Kier molecular flexibility index (Phi) is 3.87. The minimum absolute atomic E-state index is 0.132. The Morgan fingerprint density at radius 1 is 1.35 bits per heavy atom. The molecular weight excluding hydrogens is 295 g/mol. The van der Waals surface area contributed by atoms with Crippen LogP contribution < -0.4 is 0 Å². The third kappa shape index (κ3) is 2.63. The van der Waals surface area contributed by atoms with Gasteiger partial charge in [-0.15, -0.1) is 0 Å². The molecule has 0 amide bonds. The van der Waals surface area contributed by atoms with Crippen molar-refractivity contribution in [3.05, 3.63) is 27.7 Å². The molecule has 0 radical (unpaired) electrons. The molecule has 1 N–H and O–H groups in total. The minimum Gasteiger partial charge on any atom is -0.331 e. The molecule has 1 aliphatic carbocycles. The predicted molar refractivity (Wildman–Crippen MR) is 83.2 cm³/mol. The van der Waals surface area contributed by atoms with Crippen LogP contribution in [-0.4, -0.2) is 9.55 Å². The summed E-state index contributed by atoms with van der Waals surface area (Å²) >= 11 is 11.2. The van der Waals surface area contributed by atoms with E-state index in [1.54, 1.807) is 6.07 Å². The van der Waals surface area contributed by atoms with Crippen LogP contribution in [0.4, 0.5) is 4.39 Å². The lowest BCUT2D eigenvalue weighted by molar-refractivity contribution is 0.266. The maximum absolute atomic E-state index is 13.7. The predicted octanol–water partition coefficient (Wildman–Crippen LogP) is 5.32. The van der Waals surface area contributed by atoms with Gasteiger partial charge < -0.3 is 9.55 Å². The Labute approximate surface area is 127 Å². The normalized spacial score (nSPS) is 23.4. The summed E-state index contributed by atoms with van der Waals surface area (Å²) < 4.78 is 16.3. The highest BCUT2D eigenvalue weighted by Crippen LogP contribution is 2.31. The number of benzene rings is 1. The van der Waals surface area contributed by atoms with Gasteiger partial charge in [-0.05, 0) is 43.0 Å². The molecule has 20 heavy (non-hydrogen) atoms. The average molecular weight is 313 g/mol. The molecule has 0 bridgehead atoms. The zero-order chi connectivity index (χ0) is 14.3. The lowest BCUT2D eigenvalue weighted by Crippen LogP contribution is -2.17. The van der Waals surface area contributed by atoms with Crippen LogP contribution in [0.15, 0.2) is 12.1 Å². The molecular formula is C15H18ClFN2S. The molecule has 1 fully saturated rings. The first kappa shape index (κ1) is 14.1. The maximum atomic E-state index is 13.7. The SMILES string of the molecule is CC1CCC(Cn2c(=S)[nH]c3cc(Cl)c(F)cc32)CC1. The standard InChI is InChI=1S/C15H18ClFN2S/c1-9-2-4-10(5-3-9)8-19-14-7-12(17)11(16)6-13(14)18-15(19)20/h6-7,9-10H,2-5,8H2,1H3,(H,18,20). The van der Waals surface area contributed by atoms with Gasteiger partial charge in [0.05, 0.1) is 16.1 Å². The second kappa shape index (κ2) is 5.49. The van der Waals surface area contributed by atoms with E-state index in [1.807, 2.05) is 4.57 Å². The molecule has 1 aromatic carbocycles. The van der Waals surface area contributed by atoms with Crippen molar-refractivity contribution >= 4 is 34.9 Å². The van der Waals surface area contributed by atoms with Crippen LogP contribution >= 0.6 is 23.8 Å². The molecule has 0 spiro atoms. The number of aromatic amines is 1. The number of nitrogens with one attached hydrogen (secondary N) is 1. The third-order valence-corrected chi connectivity index (χ3v) is 5.00. The van der Waals surface area contributed by atoms with E-state index in [9.17, 15) is 4.39 Å². The molecule has 0 atom stereocenters. The molecule has 5 heteroatoms. The Morgan fingerprint density at radius 2 is 2.05 bits per heavy atom. The van der Waals surface area contributed by atoms with E-state index in [1.165, 1.54) is 31.7 Å². The summed E-state index contributed by atoms with van der Waals surface area (Å²) in [5.41, 5.74) is 1.63. The van der Waals surface area contributed by atoms with Crippen molar-refractivity contribution < 1.29 is 4.39 Å². The van der Waals surface area contributed by atoms with Crippen molar-refractivity contribution in [3.63, 3.8) is 0 Å². The number of fused-ring (bicyclic) bond motifs is 1. The fourth-order valence-corrected chi connectivity index (χ4v) is 3.55. The Hall–Kier alpha value is -0.870. The van der Waals surface area contributed by atoms with Gasteiger partial charge in [0, 0.05) is 12.6 Å². The number of nitrogens with zero attached hydrogens (tertiary/aromatic N) is 1. The molecule has 108 valence electrons. The zero-order valence-corrected chi connectivity index (χ0v) is 13.0. The Bertz CT molecular complexity index is 683. The van der Waals surface area contributed by atoms with Gasteiger partial charge in [-0.2, -0.15) is 0 Å². The van der Waals surface area contributed by atoms with E-state index >= 15 is 0 Å². The van der Waals surface area contributed by atoms with Crippen LogP contribution in [0.2, 0.25) is 5.02 Å². The van der Waals surface area contributed by atoms with Crippen molar-refractivity contribution in [1.29, 1.82) is 0 Å². The Balaban J connectivity index is 1.93. The van der Waals surface area contributed by atoms with Gasteiger partial charge in [-0.25, -0.2) is 4.39 Å². The van der Waals surface area contributed by atoms with Gasteiger partial charge in [-0.1, -0.05) is 31.4 Å². The van der Waals surface area contributed by atoms with Crippen LogP contribution in [0.1, 0.15) is 32.6 Å². The summed E-state index contributed by atoms with van der Waals surface area (Å²) in [5.74, 6) is 1.08. The van der Waals surface area contributed by atoms with Crippen molar-refractivity contribution in [1.82, 2.24) is 9.55 Å². The molecule has 0 saturated heterocycles. The first-order chi connectivity index (χ1) is 9.54. The van der Waals surface area contributed by atoms with Gasteiger partial charge in [0.25, 0.3) is 0 Å². The van der Waals surface area contributed by atoms with Gasteiger partial charge in [0.2, 0.25) is 0 Å².